The number of rotatable bonds is 2. The van der Waals surface area contributed by atoms with Crippen LogP contribution in [-0.4, -0.2) is 44.8 Å². The lowest BCUT2D eigenvalue weighted by molar-refractivity contribution is -0.0724. The number of likely N-dealkylation sites (tertiary alicyclic amines) is 1. The summed E-state index contributed by atoms with van der Waals surface area (Å²) in [5, 5.41) is 11.4. The highest BCUT2D eigenvalue weighted by molar-refractivity contribution is 5.26. The molecular weight excluding hydrogens is 370 g/mol. The number of aliphatic hydroxyl groups is 1. The van der Waals surface area contributed by atoms with Crippen molar-refractivity contribution in [2.45, 2.75) is 89.8 Å². The Bertz CT molecular complexity index is 812. The molecule has 5 aliphatic rings. The summed E-state index contributed by atoms with van der Waals surface area (Å²) in [7, 11) is 0. The normalized spacial score (nSPS) is 48.7. The van der Waals surface area contributed by atoms with Crippen molar-refractivity contribution >= 4 is 0 Å². The number of fused-ring (bicyclic) bond motifs is 5. The van der Waals surface area contributed by atoms with Gasteiger partial charge in [-0.2, -0.15) is 0 Å². The Morgan fingerprint density at radius 1 is 1.10 bits per heavy atom. The molecule has 4 aliphatic carbocycles. The fraction of sp³-hybridized carbons (Fsp3) is 0.808. The molecule has 6 rings (SSSR count). The first-order valence-electron chi connectivity index (χ1n) is 12.6. The van der Waals surface area contributed by atoms with Crippen LogP contribution in [0.15, 0.2) is 30.4 Å². The van der Waals surface area contributed by atoms with Gasteiger partial charge in [0, 0.05) is 18.4 Å². The van der Waals surface area contributed by atoms with Gasteiger partial charge in [-0.3, -0.25) is 0 Å². The Morgan fingerprint density at radius 3 is 2.70 bits per heavy atom. The third-order valence-corrected chi connectivity index (χ3v) is 10.6. The van der Waals surface area contributed by atoms with E-state index in [1.165, 1.54) is 64.5 Å². The summed E-state index contributed by atoms with van der Waals surface area (Å²) in [6.45, 7) is 7.65. The largest absolute Gasteiger partial charge is 0.390 e. The van der Waals surface area contributed by atoms with Crippen molar-refractivity contribution in [3.8, 4) is 0 Å². The molecule has 1 saturated heterocycles. The molecule has 8 atom stereocenters. The molecule has 0 amide bonds. The van der Waals surface area contributed by atoms with E-state index in [1.54, 1.807) is 5.57 Å². The first kappa shape index (κ1) is 19.5. The number of aromatic nitrogens is 2. The first-order valence-corrected chi connectivity index (χ1v) is 12.6. The molecule has 3 saturated carbocycles. The van der Waals surface area contributed by atoms with Crippen LogP contribution in [0.25, 0.3) is 0 Å². The number of hydrogen-bond acceptors (Lipinski definition) is 3. The topological polar surface area (TPSA) is 41.3 Å². The number of imidazole rings is 1. The van der Waals surface area contributed by atoms with E-state index in [4.69, 9.17) is 0 Å². The third kappa shape index (κ3) is 2.68. The van der Waals surface area contributed by atoms with E-state index in [0.29, 0.717) is 11.3 Å². The van der Waals surface area contributed by atoms with Crippen LogP contribution >= 0.6 is 0 Å². The standard InChI is InChI=1S/C26H39N3O/c1-25-9-7-19(28-12-3-4-13-28)15-18(25)5-6-20-21(25)8-10-26(2)22(20)16-23(24(26)30)29-14-11-27-17-29/h5,11,14,17,19-24,30H,3-4,6-10,12-13,15-16H2,1-2H3/t19?,20-,21+,22+,23-,24?,25+,26+/m1/s1. The molecular formula is C26H39N3O. The van der Waals surface area contributed by atoms with Crippen molar-refractivity contribution in [2.75, 3.05) is 13.1 Å². The van der Waals surface area contributed by atoms with Crippen molar-refractivity contribution in [2.24, 2.45) is 28.6 Å². The van der Waals surface area contributed by atoms with Gasteiger partial charge >= 0.3 is 0 Å². The molecule has 2 unspecified atom stereocenters. The van der Waals surface area contributed by atoms with Crippen LogP contribution in [0.1, 0.15) is 77.7 Å². The SMILES string of the molecule is C[C@]12CCC(N3CCCC3)CC1=CC[C@@H]1[C@@H]2CC[C@]2(C)C(O)[C@H](n3ccnc3)C[C@@H]12. The summed E-state index contributed by atoms with van der Waals surface area (Å²) >= 11 is 0. The van der Waals surface area contributed by atoms with Gasteiger partial charge in [0.05, 0.1) is 18.5 Å². The second-order valence-corrected chi connectivity index (χ2v) is 11.7. The maximum Gasteiger partial charge on any atom is 0.0949 e. The number of aliphatic hydroxyl groups excluding tert-OH is 1. The zero-order valence-electron chi connectivity index (χ0n) is 18.8. The van der Waals surface area contributed by atoms with E-state index in [1.807, 2.05) is 18.7 Å². The molecule has 30 heavy (non-hydrogen) atoms. The maximum absolute atomic E-state index is 11.4. The Hall–Kier alpha value is -1.13. The highest BCUT2D eigenvalue weighted by Gasteiger charge is 2.61. The van der Waals surface area contributed by atoms with Crippen LogP contribution in [-0.2, 0) is 0 Å². The molecule has 0 aromatic carbocycles. The Kier molecular flexibility index (Phi) is 4.52. The van der Waals surface area contributed by atoms with Crippen molar-refractivity contribution < 1.29 is 5.11 Å². The van der Waals surface area contributed by atoms with Crippen molar-refractivity contribution in [3.05, 3.63) is 30.4 Å². The van der Waals surface area contributed by atoms with E-state index in [2.05, 4.69) is 34.4 Å². The number of allylic oxidation sites excluding steroid dienone is 1. The monoisotopic (exact) mass is 409 g/mol. The molecule has 4 heteroatoms. The van der Waals surface area contributed by atoms with E-state index in [-0.39, 0.29) is 17.6 Å². The average Bonchev–Trinajstić information content (AvgIpc) is 3.49. The minimum Gasteiger partial charge on any atom is -0.390 e. The second kappa shape index (κ2) is 6.93. The van der Waals surface area contributed by atoms with Gasteiger partial charge in [-0.1, -0.05) is 25.5 Å². The van der Waals surface area contributed by atoms with Crippen LogP contribution in [0.2, 0.25) is 0 Å². The molecule has 0 bridgehead atoms. The zero-order chi connectivity index (χ0) is 20.5. The lowest BCUT2D eigenvalue weighted by atomic mass is 9.48. The Morgan fingerprint density at radius 2 is 1.93 bits per heavy atom. The summed E-state index contributed by atoms with van der Waals surface area (Å²) in [6.07, 6.45) is 20.0. The van der Waals surface area contributed by atoms with E-state index >= 15 is 0 Å². The van der Waals surface area contributed by atoms with E-state index in [9.17, 15) is 5.11 Å². The van der Waals surface area contributed by atoms with E-state index in [0.717, 1.165) is 24.3 Å². The summed E-state index contributed by atoms with van der Waals surface area (Å²) in [5.41, 5.74) is 2.25. The Balaban J connectivity index is 1.27. The first-order chi connectivity index (χ1) is 14.5. The van der Waals surface area contributed by atoms with Crippen LogP contribution < -0.4 is 0 Å². The van der Waals surface area contributed by atoms with Gasteiger partial charge in [-0.05, 0) is 99.5 Å². The molecule has 1 N–H and O–H groups in total. The molecule has 1 aliphatic heterocycles. The molecule has 164 valence electrons. The van der Waals surface area contributed by atoms with Gasteiger partial charge in [-0.25, -0.2) is 4.98 Å². The zero-order valence-corrected chi connectivity index (χ0v) is 18.8. The van der Waals surface area contributed by atoms with Crippen LogP contribution in [0, 0.1) is 28.6 Å². The molecule has 4 nitrogen and oxygen atoms in total. The van der Waals surface area contributed by atoms with Gasteiger partial charge in [-0.15, -0.1) is 0 Å². The minimum atomic E-state index is -0.248. The highest BCUT2D eigenvalue weighted by atomic mass is 16.3. The molecule has 1 aromatic heterocycles. The summed E-state index contributed by atoms with van der Waals surface area (Å²) in [6, 6.07) is 1.00. The Labute approximate surface area is 181 Å². The van der Waals surface area contributed by atoms with Crippen molar-refractivity contribution in [1.82, 2.24) is 14.5 Å². The maximum atomic E-state index is 11.4. The van der Waals surface area contributed by atoms with Crippen LogP contribution in [0.3, 0.4) is 0 Å². The molecule has 4 fully saturated rings. The van der Waals surface area contributed by atoms with Gasteiger partial charge in [0.25, 0.3) is 0 Å². The van der Waals surface area contributed by atoms with Crippen LogP contribution in [0.4, 0.5) is 0 Å². The fourth-order valence-electron chi connectivity index (χ4n) is 8.80. The van der Waals surface area contributed by atoms with Gasteiger partial charge < -0.3 is 14.6 Å². The second-order valence-electron chi connectivity index (χ2n) is 11.7. The lowest BCUT2D eigenvalue weighted by Crippen LogP contribution is -2.52. The van der Waals surface area contributed by atoms with E-state index < -0.39 is 0 Å². The predicted molar refractivity (Wildman–Crippen MR) is 119 cm³/mol. The van der Waals surface area contributed by atoms with Crippen molar-refractivity contribution in [1.29, 1.82) is 0 Å². The van der Waals surface area contributed by atoms with Crippen LogP contribution in [0.5, 0.6) is 0 Å². The van der Waals surface area contributed by atoms with Gasteiger partial charge in [0.1, 0.15) is 0 Å². The smallest absolute Gasteiger partial charge is 0.0949 e. The average molecular weight is 410 g/mol. The molecule has 2 heterocycles. The lowest BCUT2D eigenvalue weighted by Gasteiger charge is -2.58. The van der Waals surface area contributed by atoms with Gasteiger partial charge in [0.2, 0.25) is 0 Å². The quantitative estimate of drug-likeness (QED) is 0.712. The molecule has 1 aromatic rings. The fourth-order valence-corrected chi connectivity index (χ4v) is 8.80. The molecule has 0 radical (unpaired) electrons. The summed E-state index contributed by atoms with van der Waals surface area (Å²) < 4.78 is 2.18. The van der Waals surface area contributed by atoms with Gasteiger partial charge in [0.15, 0.2) is 0 Å². The number of nitrogens with zero attached hydrogens (tertiary/aromatic N) is 3. The molecule has 0 spiro atoms. The highest BCUT2D eigenvalue weighted by Crippen LogP contribution is 2.66. The summed E-state index contributed by atoms with van der Waals surface area (Å²) in [4.78, 5) is 7.05. The third-order valence-electron chi connectivity index (χ3n) is 10.6. The minimum absolute atomic E-state index is 0.0601. The number of hydrogen-bond donors (Lipinski definition) is 1. The summed E-state index contributed by atoms with van der Waals surface area (Å²) in [5.74, 6) is 2.18. The predicted octanol–water partition coefficient (Wildman–Crippen LogP) is 4.82. The van der Waals surface area contributed by atoms with Crippen molar-refractivity contribution in [3.63, 3.8) is 0 Å².